The van der Waals surface area contributed by atoms with Gasteiger partial charge in [0.25, 0.3) is 11.8 Å². The number of rotatable bonds is 6. The van der Waals surface area contributed by atoms with E-state index in [0.29, 0.717) is 28.3 Å². The molecule has 0 bridgehead atoms. The molecule has 0 atom stereocenters. The van der Waals surface area contributed by atoms with Gasteiger partial charge < -0.3 is 4.74 Å². The summed E-state index contributed by atoms with van der Waals surface area (Å²) in [6.07, 6.45) is 0. The second kappa shape index (κ2) is 8.59. The SMILES string of the molecule is CC(C)c1ccc(C(=O)COC(=O)c2ccc(N3C(=O)c4ccccc4C3=O)cc2)cc1. The quantitative estimate of drug-likeness (QED) is 0.325. The lowest BCUT2D eigenvalue weighted by molar-refractivity contribution is 0.0474. The van der Waals surface area contributed by atoms with E-state index in [1.54, 1.807) is 36.4 Å². The summed E-state index contributed by atoms with van der Waals surface area (Å²) >= 11 is 0. The molecule has 0 aromatic heterocycles. The summed E-state index contributed by atoms with van der Waals surface area (Å²) in [5.74, 6) is -1.41. The molecule has 3 aromatic rings. The van der Waals surface area contributed by atoms with Gasteiger partial charge in [0.05, 0.1) is 22.4 Å². The number of Topliss-reactive ketones (excluding diaryl/α,β-unsaturated/α-hetero) is 1. The molecule has 6 nitrogen and oxygen atoms in total. The third-order valence-corrected chi connectivity index (χ3v) is 5.39. The van der Waals surface area contributed by atoms with Crippen LogP contribution in [0.4, 0.5) is 5.69 Å². The average Bonchev–Trinajstić information content (AvgIpc) is 3.07. The molecule has 0 N–H and O–H groups in total. The van der Waals surface area contributed by atoms with Gasteiger partial charge in [-0.15, -0.1) is 0 Å². The van der Waals surface area contributed by atoms with Crippen LogP contribution in [-0.4, -0.2) is 30.2 Å². The standard InChI is InChI=1S/C26H21NO5/c1-16(2)17-7-9-18(10-8-17)23(28)15-32-26(31)19-11-13-20(14-12-19)27-24(29)21-5-3-4-6-22(21)25(27)30/h3-14,16H,15H2,1-2H3. The van der Waals surface area contributed by atoms with Gasteiger partial charge >= 0.3 is 5.97 Å². The average molecular weight is 427 g/mol. The Morgan fingerprint density at radius 1 is 0.781 bits per heavy atom. The minimum absolute atomic E-state index is 0.216. The number of nitrogens with zero attached hydrogens (tertiary/aromatic N) is 1. The predicted octanol–water partition coefficient (Wildman–Crippen LogP) is 4.65. The molecular weight excluding hydrogens is 406 g/mol. The van der Waals surface area contributed by atoms with Crippen LogP contribution in [0.25, 0.3) is 0 Å². The Morgan fingerprint density at radius 2 is 1.31 bits per heavy atom. The van der Waals surface area contributed by atoms with Crippen molar-refractivity contribution in [3.63, 3.8) is 0 Å². The van der Waals surface area contributed by atoms with Crippen molar-refractivity contribution in [1.82, 2.24) is 0 Å². The van der Waals surface area contributed by atoms with Gasteiger partial charge in [0.15, 0.2) is 12.4 Å². The Bertz CT molecular complexity index is 1170. The Hall–Kier alpha value is -4.06. The van der Waals surface area contributed by atoms with Crippen molar-refractivity contribution in [1.29, 1.82) is 0 Å². The molecule has 0 aliphatic carbocycles. The van der Waals surface area contributed by atoms with E-state index in [2.05, 4.69) is 13.8 Å². The van der Waals surface area contributed by atoms with Crippen molar-refractivity contribution in [2.45, 2.75) is 19.8 Å². The number of imide groups is 1. The number of ketones is 1. The van der Waals surface area contributed by atoms with Gasteiger partial charge in [0.2, 0.25) is 0 Å². The molecule has 160 valence electrons. The van der Waals surface area contributed by atoms with Gasteiger partial charge in [-0.05, 0) is 47.9 Å². The van der Waals surface area contributed by atoms with E-state index in [1.807, 2.05) is 12.1 Å². The number of anilines is 1. The number of carbonyl (C=O) groups excluding carboxylic acids is 4. The summed E-state index contributed by atoms with van der Waals surface area (Å²) in [7, 11) is 0. The molecular formula is C26H21NO5. The smallest absolute Gasteiger partial charge is 0.338 e. The van der Waals surface area contributed by atoms with Gasteiger partial charge in [-0.2, -0.15) is 0 Å². The Labute approximate surface area is 185 Å². The molecule has 2 amide bonds. The number of ether oxygens (including phenoxy) is 1. The van der Waals surface area contributed by atoms with E-state index in [9.17, 15) is 19.2 Å². The van der Waals surface area contributed by atoms with E-state index < -0.39 is 17.8 Å². The highest BCUT2D eigenvalue weighted by atomic mass is 16.5. The van der Waals surface area contributed by atoms with E-state index >= 15 is 0 Å². The highest BCUT2D eigenvalue weighted by Gasteiger charge is 2.36. The minimum Gasteiger partial charge on any atom is -0.454 e. The second-order valence-corrected chi connectivity index (χ2v) is 7.81. The van der Waals surface area contributed by atoms with E-state index in [4.69, 9.17) is 4.74 Å². The van der Waals surface area contributed by atoms with Crippen molar-refractivity contribution in [2.24, 2.45) is 0 Å². The lowest BCUT2D eigenvalue weighted by Gasteiger charge is -2.14. The van der Waals surface area contributed by atoms with E-state index in [1.165, 1.54) is 24.3 Å². The fraction of sp³-hybridized carbons (Fsp3) is 0.154. The number of carbonyl (C=O) groups is 4. The first-order valence-corrected chi connectivity index (χ1v) is 10.2. The third kappa shape index (κ3) is 3.95. The van der Waals surface area contributed by atoms with Crippen LogP contribution in [-0.2, 0) is 4.74 Å². The molecule has 0 saturated heterocycles. The lowest BCUT2D eigenvalue weighted by atomic mass is 10.0. The van der Waals surface area contributed by atoms with Gasteiger partial charge in [-0.25, -0.2) is 9.69 Å². The fourth-order valence-corrected chi connectivity index (χ4v) is 3.52. The Balaban J connectivity index is 1.40. The summed E-state index contributed by atoms with van der Waals surface area (Å²) < 4.78 is 5.14. The van der Waals surface area contributed by atoms with Crippen LogP contribution in [0.2, 0.25) is 0 Å². The first-order chi connectivity index (χ1) is 15.4. The van der Waals surface area contributed by atoms with E-state index in [0.717, 1.165) is 10.5 Å². The third-order valence-electron chi connectivity index (χ3n) is 5.39. The molecule has 6 heteroatoms. The monoisotopic (exact) mass is 427 g/mol. The van der Waals surface area contributed by atoms with Crippen molar-refractivity contribution >= 4 is 29.3 Å². The van der Waals surface area contributed by atoms with Crippen molar-refractivity contribution in [3.8, 4) is 0 Å². The predicted molar refractivity (Wildman–Crippen MR) is 119 cm³/mol. The van der Waals surface area contributed by atoms with Crippen LogP contribution in [0.5, 0.6) is 0 Å². The van der Waals surface area contributed by atoms with Gasteiger partial charge in [0.1, 0.15) is 0 Å². The summed E-state index contributed by atoms with van der Waals surface area (Å²) in [4.78, 5) is 50.9. The summed E-state index contributed by atoms with van der Waals surface area (Å²) in [6, 6.07) is 19.8. The topological polar surface area (TPSA) is 80.8 Å². The molecule has 0 radical (unpaired) electrons. The minimum atomic E-state index is -0.661. The van der Waals surface area contributed by atoms with Crippen LogP contribution in [0.1, 0.15) is 66.8 Å². The highest BCUT2D eigenvalue weighted by Crippen LogP contribution is 2.28. The number of benzene rings is 3. The number of hydrogen-bond donors (Lipinski definition) is 0. The maximum absolute atomic E-state index is 12.6. The largest absolute Gasteiger partial charge is 0.454 e. The summed E-state index contributed by atoms with van der Waals surface area (Å²) in [5.41, 5.74) is 2.86. The maximum atomic E-state index is 12.6. The molecule has 3 aromatic carbocycles. The van der Waals surface area contributed by atoms with Crippen molar-refractivity contribution in [3.05, 3.63) is 101 Å². The van der Waals surface area contributed by atoms with Crippen molar-refractivity contribution in [2.75, 3.05) is 11.5 Å². The zero-order valence-corrected chi connectivity index (χ0v) is 17.7. The fourth-order valence-electron chi connectivity index (χ4n) is 3.52. The molecule has 0 saturated carbocycles. The maximum Gasteiger partial charge on any atom is 0.338 e. The molecule has 0 spiro atoms. The van der Waals surface area contributed by atoms with Crippen LogP contribution in [0.3, 0.4) is 0 Å². The Kier molecular flexibility index (Phi) is 5.69. The van der Waals surface area contributed by atoms with Gasteiger partial charge in [-0.1, -0.05) is 50.2 Å². The lowest BCUT2D eigenvalue weighted by Crippen LogP contribution is -2.29. The van der Waals surface area contributed by atoms with Crippen LogP contribution < -0.4 is 4.90 Å². The molecule has 1 aliphatic rings. The number of hydrogen-bond acceptors (Lipinski definition) is 5. The van der Waals surface area contributed by atoms with Crippen LogP contribution >= 0.6 is 0 Å². The van der Waals surface area contributed by atoms with Crippen LogP contribution in [0, 0.1) is 0 Å². The van der Waals surface area contributed by atoms with E-state index in [-0.39, 0.29) is 18.0 Å². The Morgan fingerprint density at radius 3 is 1.84 bits per heavy atom. The van der Waals surface area contributed by atoms with Gasteiger partial charge in [-0.3, -0.25) is 14.4 Å². The molecule has 0 fully saturated rings. The van der Waals surface area contributed by atoms with Gasteiger partial charge in [0, 0.05) is 5.56 Å². The highest BCUT2D eigenvalue weighted by molar-refractivity contribution is 6.34. The molecule has 1 aliphatic heterocycles. The normalized spacial score (nSPS) is 12.8. The number of fused-ring (bicyclic) bond motifs is 1. The summed E-state index contributed by atoms with van der Waals surface area (Å²) in [5, 5.41) is 0. The molecule has 32 heavy (non-hydrogen) atoms. The second-order valence-electron chi connectivity index (χ2n) is 7.81. The molecule has 1 heterocycles. The zero-order chi connectivity index (χ0) is 22.8. The number of amides is 2. The molecule has 4 rings (SSSR count). The first kappa shape index (κ1) is 21.2. The molecule has 0 unspecified atom stereocenters. The summed E-state index contributed by atoms with van der Waals surface area (Å²) in [6.45, 7) is 3.76. The zero-order valence-electron chi connectivity index (χ0n) is 17.7. The number of esters is 1. The van der Waals surface area contributed by atoms with Crippen molar-refractivity contribution < 1.29 is 23.9 Å². The first-order valence-electron chi connectivity index (χ1n) is 10.2. The van der Waals surface area contributed by atoms with Crippen LogP contribution in [0.15, 0.2) is 72.8 Å².